The molecule has 0 aliphatic heterocycles. The second-order valence-corrected chi connectivity index (χ2v) is 11.0. The third-order valence-electron chi connectivity index (χ3n) is 9.27. The minimum Gasteiger partial charge on any atom is -0.354 e. The Morgan fingerprint density at radius 3 is 1.88 bits per heavy atom. The number of H-pyrrole nitrogens is 2. The van der Waals surface area contributed by atoms with Gasteiger partial charge in [-0.1, -0.05) is 110 Å². The van der Waals surface area contributed by atoms with Crippen LogP contribution in [-0.2, 0) is 5.41 Å². The lowest BCUT2D eigenvalue weighted by Gasteiger charge is -2.30. The molecule has 0 fully saturated rings. The van der Waals surface area contributed by atoms with Crippen molar-refractivity contribution < 1.29 is 0 Å². The number of fused-ring (bicyclic) bond motifs is 16. The van der Waals surface area contributed by atoms with Gasteiger partial charge in [0.25, 0.3) is 0 Å². The number of para-hydroxylation sites is 1. The predicted molar refractivity (Wildman–Crippen MR) is 169 cm³/mol. The maximum Gasteiger partial charge on any atom is 0.0727 e. The van der Waals surface area contributed by atoms with Gasteiger partial charge in [-0.3, -0.25) is 0 Å². The maximum absolute atomic E-state index is 4.12. The molecule has 0 radical (unpaired) electrons. The molecule has 2 aliphatic rings. The molecule has 7 aromatic rings. The smallest absolute Gasteiger partial charge is 0.0727 e. The Bertz CT molecular complexity index is 2250. The summed E-state index contributed by atoms with van der Waals surface area (Å²) in [6.07, 6.45) is 6.23. The first kappa shape index (κ1) is 21.8. The summed E-state index contributed by atoms with van der Waals surface area (Å²) < 4.78 is 0. The van der Waals surface area contributed by atoms with E-state index >= 15 is 0 Å². The summed E-state index contributed by atoms with van der Waals surface area (Å²) in [4.78, 5) is 7.58. The molecule has 1 atom stereocenters. The van der Waals surface area contributed by atoms with Crippen molar-refractivity contribution in [2.24, 2.45) is 0 Å². The molecular weight excluding hydrogens is 484 g/mol. The molecule has 0 bridgehead atoms. The number of aromatic nitrogens is 2. The Balaban J connectivity index is 1.48. The number of aromatic amines is 2. The molecule has 9 rings (SSSR count). The summed E-state index contributed by atoms with van der Waals surface area (Å²) in [6, 6.07) is 36.1. The van der Waals surface area contributed by atoms with E-state index in [2.05, 4.69) is 133 Å². The molecule has 0 saturated carbocycles. The minimum atomic E-state index is -0.391. The van der Waals surface area contributed by atoms with E-state index in [1.165, 1.54) is 82.8 Å². The molecule has 2 aliphatic carbocycles. The lowest BCUT2D eigenvalue weighted by Crippen LogP contribution is -2.25. The first-order chi connectivity index (χ1) is 19.8. The predicted octanol–water partition coefficient (Wildman–Crippen LogP) is 9.82. The third-order valence-corrected chi connectivity index (χ3v) is 9.27. The van der Waals surface area contributed by atoms with Crippen LogP contribution < -0.4 is 0 Å². The molecule has 2 nitrogen and oxygen atoms in total. The van der Waals surface area contributed by atoms with Crippen molar-refractivity contribution in [2.75, 3.05) is 0 Å². The zero-order valence-electron chi connectivity index (χ0n) is 22.2. The van der Waals surface area contributed by atoms with E-state index in [-0.39, 0.29) is 0 Å². The van der Waals surface area contributed by atoms with Crippen molar-refractivity contribution in [2.45, 2.75) is 12.3 Å². The van der Waals surface area contributed by atoms with Gasteiger partial charge in [-0.2, -0.15) is 0 Å². The highest BCUT2D eigenvalue weighted by atomic mass is 14.7. The molecule has 1 spiro atoms. The molecule has 0 amide bonds. The molecule has 2 heteroatoms. The average Bonchev–Trinajstić information content (AvgIpc) is 3.72. The fraction of sp³-hybridized carbons (Fsp3) is 0.0526. The summed E-state index contributed by atoms with van der Waals surface area (Å²) in [7, 11) is 0. The van der Waals surface area contributed by atoms with E-state index in [4.69, 9.17) is 0 Å². The largest absolute Gasteiger partial charge is 0.354 e. The van der Waals surface area contributed by atoms with E-state index in [0.29, 0.717) is 0 Å². The van der Waals surface area contributed by atoms with Crippen LogP contribution in [0.4, 0.5) is 0 Å². The molecule has 0 saturated heterocycles. The fourth-order valence-corrected chi connectivity index (χ4v) is 7.84. The van der Waals surface area contributed by atoms with Crippen molar-refractivity contribution in [1.29, 1.82) is 0 Å². The van der Waals surface area contributed by atoms with Gasteiger partial charge < -0.3 is 9.97 Å². The van der Waals surface area contributed by atoms with E-state index in [1.54, 1.807) is 0 Å². The average molecular weight is 511 g/mol. The standard InChI is InChI=1S/C38H26N2/c1-3-11-22-24-18-20-30-34(36(24)39-32(22)4-2)26-13-5-8-15-28(26)38(30)29-16-9-6-14-27(29)35-31(38)21-19-25-23-12-7-10-17-33(23)40-37(25)35/h3-21,39-40H,2H2,1H3/b11-3-. The highest BCUT2D eigenvalue weighted by Gasteiger charge is 2.52. The summed E-state index contributed by atoms with van der Waals surface area (Å²) >= 11 is 0. The van der Waals surface area contributed by atoms with E-state index in [0.717, 1.165) is 5.69 Å². The molecule has 5 aromatic carbocycles. The van der Waals surface area contributed by atoms with Gasteiger partial charge in [0.2, 0.25) is 0 Å². The second-order valence-electron chi connectivity index (χ2n) is 11.0. The van der Waals surface area contributed by atoms with Crippen LogP contribution in [0.15, 0.2) is 110 Å². The Morgan fingerprint density at radius 1 is 0.600 bits per heavy atom. The summed E-state index contributed by atoms with van der Waals surface area (Å²) in [5, 5.41) is 3.78. The molecule has 2 N–H and O–H groups in total. The fourth-order valence-electron chi connectivity index (χ4n) is 7.84. The highest BCUT2D eigenvalue weighted by Crippen LogP contribution is 2.64. The maximum atomic E-state index is 4.12. The van der Waals surface area contributed by atoms with Crippen LogP contribution >= 0.6 is 0 Å². The van der Waals surface area contributed by atoms with E-state index in [1.807, 2.05) is 6.08 Å². The first-order valence-corrected chi connectivity index (χ1v) is 13.9. The van der Waals surface area contributed by atoms with Gasteiger partial charge in [0.05, 0.1) is 16.4 Å². The zero-order valence-corrected chi connectivity index (χ0v) is 22.2. The number of benzene rings is 5. The lowest BCUT2D eigenvalue weighted by atomic mass is 9.70. The van der Waals surface area contributed by atoms with Gasteiger partial charge >= 0.3 is 0 Å². The van der Waals surface area contributed by atoms with Crippen molar-refractivity contribution in [3.8, 4) is 22.3 Å². The van der Waals surface area contributed by atoms with Gasteiger partial charge in [0.15, 0.2) is 0 Å². The molecule has 1 unspecified atom stereocenters. The Labute approximate surface area is 232 Å². The molecule has 2 aromatic heterocycles. The topological polar surface area (TPSA) is 31.6 Å². The van der Waals surface area contributed by atoms with Crippen molar-refractivity contribution >= 4 is 44.9 Å². The number of hydrogen-bond donors (Lipinski definition) is 2. The van der Waals surface area contributed by atoms with Crippen LogP contribution in [0.2, 0.25) is 0 Å². The van der Waals surface area contributed by atoms with Gasteiger partial charge in [-0.15, -0.1) is 0 Å². The summed E-state index contributed by atoms with van der Waals surface area (Å²) in [5.41, 5.74) is 16.1. The number of nitrogens with one attached hydrogen (secondary N) is 2. The van der Waals surface area contributed by atoms with Crippen LogP contribution in [0.3, 0.4) is 0 Å². The van der Waals surface area contributed by atoms with Crippen LogP contribution in [0.25, 0.3) is 67.1 Å². The molecular formula is C38H26N2. The van der Waals surface area contributed by atoms with Crippen molar-refractivity contribution in [3.05, 3.63) is 143 Å². The number of rotatable bonds is 2. The van der Waals surface area contributed by atoms with Gasteiger partial charge in [0.1, 0.15) is 0 Å². The first-order valence-electron chi connectivity index (χ1n) is 13.9. The van der Waals surface area contributed by atoms with Crippen LogP contribution in [-0.4, -0.2) is 9.97 Å². The second kappa shape index (κ2) is 7.52. The van der Waals surface area contributed by atoms with Crippen LogP contribution in [0.5, 0.6) is 0 Å². The summed E-state index contributed by atoms with van der Waals surface area (Å²) in [6.45, 7) is 6.19. The van der Waals surface area contributed by atoms with Crippen LogP contribution in [0, 0.1) is 0 Å². The van der Waals surface area contributed by atoms with Gasteiger partial charge in [-0.25, -0.2) is 0 Å². The third kappa shape index (κ3) is 2.37. The molecule has 188 valence electrons. The lowest BCUT2D eigenvalue weighted by molar-refractivity contribution is 0.795. The summed E-state index contributed by atoms with van der Waals surface area (Å²) in [5.74, 6) is 0. The zero-order chi connectivity index (χ0) is 26.6. The Kier molecular flexibility index (Phi) is 4.10. The highest BCUT2D eigenvalue weighted by molar-refractivity contribution is 6.16. The quantitative estimate of drug-likeness (QED) is 0.232. The van der Waals surface area contributed by atoms with E-state index < -0.39 is 5.41 Å². The normalized spacial score (nSPS) is 16.7. The molecule has 40 heavy (non-hydrogen) atoms. The monoisotopic (exact) mass is 510 g/mol. The number of hydrogen-bond acceptors (Lipinski definition) is 0. The Hall–Kier alpha value is -5.08. The van der Waals surface area contributed by atoms with Gasteiger partial charge in [-0.05, 0) is 52.4 Å². The molecule has 2 heterocycles. The SMILES string of the molecule is C=Cc1[nH]c2c3c(ccc2c1/C=C\C)C1(c2ccccc2-3)c2ccccc2-c2c1ccc1c2[nH]c2ccccc21. The van der Waals surface area contributed by atoms with Crippen molar-refractivity contribution in [3.63, 3.8) is 0 Å². The number of allylic oxidation sites excluding steroid dienone is 1. The van der Waals surface area contributed by atoms with Crippen molar-refractivity contribution in [1.82, 2.24) is 9.97 Å². The van der Waals surface area contributed by atoms with E-state index in [9.17, 15) is 0 Å². The van der Waals surface area contributed by atoms with Gasteiger partial charge in [0, 0.05) is 44.1 Å². The Morgan fingerprint density at radius 2 is 1.20 bits per heavy atom. The van der Waals surface area contributed by atoms with Crippen LogP contribution in [0.1, 0.15) is 40.4 Å². The minimum absolute atomic E-state index is 0.391.